The second kappa shape index (κ2) is 3.55. The van der Waals surface area contributed by atoms with Crippen LogP contribution < -0.4 is 5.32 Å². The van der Waals surface area contributed by atoms with E-state index in [0.717, 1.165) is 29.4 Å². The highest BCUT2D eigenvalue weighted by Gasteiger charge is 2.45. The van der Waals surface area contributed by atoms with E-state index in [0.29, 0.717) is 5.75 Å². The Balaban J connectivity index is 2.37. The van der Waals surface area contributed by atoms with Crippen molar-refractivity contribution >= 4 is 15.9 Å². The summed E-state index contributed by atoms with van der Waals surface area (Å²) in [6.45, 7) is 0.941. The van der Waals surface area contributed by atoms with Crippen molar-refractivity contribution in [1.82, 2.24) is 5.32 Å². The van der Waals surface area contributed by atoms with Gasteiger partial charge in [0.25, 0.3) is 0 Å². The van der Waals surface area contributed by atoms with Gasteiger partial charge in [-0.05, 0) is 41.9 Å². The Morgan fingerprint density at radius 3 is 2.79 bits per heavy atom. The molecule has 0 spiro atoms. The summed E-state index contributed by atoms with van der Waals surface area (Å²) in [6, 6.07) is 5.87. The Hall–Kier alpha value is -0.540. The van der Waals surface area contributed by atoms with Crippen LogP contribution in [0.2, 0.25) is 0 Å². The topological polar surface area (TPSA) is 32.3 Å². The molecule has 2 rings (SSSR count). The van der Waals surface area contributed by atoms with E-state index in [2.05, 4.69) is 21.2 Å². The van der Waals surface area contributed by atoms with E-state index in [-0.39, 0.29) is 5.41 Å². The second-order valence-electron chi connectivity index (χ2n) is 3.95. The summed E-state index contributed by atoms with van der Waals surface area (Å²) >= 11 is 3.35. The van der Waals surface area contributed by atoms with E-state index in [1.165, 1.54) is 0 Å². The van der Waals surface area contributed by atoms with Crippen LogP contribution in [0.15, 0.2) is 22.7 Å². The molecule has 0 bridgehead atoms. The first-order valence-corrected chi connectivity index (χ1v) is 5.61. The van der Waals surface area contributed by atoms with Crippen molar-refractivity contribution in [3.05, 3.63) is 28.2 Å². The van der Waals surface area contributed by atoms with Crippen molar-refractivity contribution in [2.24, 2.45) is 0 Å². The van der Waals surface area contributed by atoms with Crippen molar-refractivity contribution in [3.8, 4) is 5.75 Å². The number of nitrogens with one attached hydrogen (secondary N) is 1. The van der Waals surface area contributed by atoms with Crippen LogP contribution in [-0.2, 0) is 5.41 Å². The fourth-order valence-corrected chi connectivity index (χ4v) is 2.34. The van der Waals surface area contributed by atoms with Crippen LogP contribution >= 0.6 is 15.9 Å². The van der Waals surface area contributed by atoms with Gasteiger partial charge in [-0.25, -0.2) is 0 Å². The zero-order valence-corrected chi connectivity index (χ0v) is 9.76. The highest BCUT2D eigenvalue weighted by atomic mass is 79.9. The maximum atomic E-state index is 9.93. The first-order valence-electron chi connectivity index (χ1n) is 4.82. The number of halogens is 1. The predicted octanol–water partition coefficient (Wildman–Crippen LogP) is 2.41. The maximum Gasteiger partial charge on any atom is 0.133 e. The number of para-hydroxylation sites is 1. The van der Waals surface area contributed by atoms with Gasteiger partial charge in [0, 0.05) is 17.5 Å². The average Bonchev–Trinajstić information content (AvgIpc) is 2.91. The smallest absolute Gasteiger partial charge is 0.133 e. The Labute approximate surface area is 92.5 Å². The summed E-state index contributed by atoms with van der Waals surface area (Å²) in [5.41, 5.74) is 1.25. The van der Waals surface area contributed by atoms with Crippen LogP contribution in [0.3, 0.4) is 0 Å². The third-order valence-electron chi connectivity index (χ3n) is 2.93. The molecule has 0 amide bonds. The molecule has 0 unspecified atom stereocenters. The van der Waals surface area contributed by atoms with Gasteiger partial charge in [0.15, 0.2) is 0 Å². The fraction of sp³-hybridized carbons (Fsp3) is 0.455. The molecule has 0 aliphatic heterocycles. The number of phenols is 1. The monoisotopic (exact) mass is 255 g/mol. The molecule has 2 N–H and O–H groups in total. The van der Waals surface area contributed by atoms with E-state index in [1.807, 2.05) is 25.2 Å². The average molecular weight is 256 g/mol. The molecule has 1 aliphatic carbocycles. The second-order valence-corrected chi connectivity index (χ2v) is 4.80. The van der Waals surface area contributed by atoms with Gasteiger partial charge < -0.3 is 10.4 Å². The third kappa shape index (κ3) is 1.55. The molecule has 1 aliphatic rings. The van der Waals surface area contributed by atoms with Gasteiger partial charge in [0.1, 0.15) is 5.75 Å². The lowest BCUT2D eigenvalue weighted by Crippen LogP contribution is -2.23. The van der Waals surface area contributed by atoms with Crippen LogP contribution in [0.5, 0.6) is 5.75 Å². The lowest BCUT2D eigenvalue weighted by molar-refractivity contribution is 0.452. The molecule has 14 heavy (non-hydrogen) atoms. The molecule has 3 heteroatoms. The minimum Gasteiger partial charge on any atom is -0.506 e. The van der Waals surface area contributed by atoms with Crippen LogP contribution in [0.25, 0.3) is 0 Å². The highest BCUT2D eigenvalue weighted by molar-refractivity contribution is 9.10. The molecule has 1 aromatic carbocycles. The molecule has 0 heterocycles. The van der Waals surface area contributed by atoms with E-state index < -0.39 is 0 Å². The van der Waals surface area contributed by atoms with Gasteiger partial charge in [-0.3, -0.25) is 0 Å². The van der Waals surface area contributed by atoms with Crippen molar-refractivity contribution in [1.29, 1.82) is 0 Å². The van der Waals surface area contributed by atoms with Crippen molar-refractivity contribution < 1.29 is 5.11 Å². The maximum absolute atomic E-state index is 9.93. The molecule has 76 valence electrons. The predicted molar refractivity (Wildman–Crippen MR) is 60.6 cm³/mol. The minimum absolute atomic E-state index is 0.183. The SMILES string of the molecule is CNCC1(c2cccc(Br)c2O)CC1. The largest absolute Gasteiger partial charge is 0.506 e. The van der Waals surface area contributed by atoms with Crippen molar-refractivity contribution in [2.45, 2.75) is 18.3 Å². The zero-order chi connectivity index (χ0) is 10.2. The lowest BCUT2D eigenvalue weighted by Gasteiger charge is -2.17. The Morgan fingerprint density at radius 2 is 2.21 bits per heavy atom. The minimum atomic E-state index is 0.183. The first-order chi connectivity index (χ1) is 6.69. The number of benzene rings is 1. The molecular weight excluding hydrogens is 242 g/mol. The molecule has 1 aromatic rings. The molecule has 0 aromatic heterocycles. The Kier molecular flexibility index (Phi) is 2.54. The fourth-order valence-electron chi connectivity index (χ4n) is 1.97. The number of likely N-dealkylation sites (N-methyl/N-ethyl adjacent to an activating group) is 1. The summed E-state index contributed by atoms with van der Waals surface area (Å²) in [4.78, 5) is 0. The zero-order valence-electron chi connectivity index (χ0n) is 8.18. The molecule has 0 radical (unpaired) electrons. The lowest BCUT2D eigenvalue weighted by atomic mass is 9.95. The van der Waals surface area contributed by atoms with Crippen molar-refractivity contribution in [2.75, 3.05) is 13.6 Å². The third-order valence-corrected chi connectivity index (χ3v) is 3.57. The molecule has 1 saturated carbocycles. The number of hydrogen-bond acceptors (Lipinski definition) is 2. The number of hydrogen-bond donors (Lipinski definition) is 2. The van der Waals surface area contributed by atoms with Gasteiger partial charge in [-0.1, -0.05) is 12.1 Å². The number of aromatic hydroxyl groups is 1. The van der Waals surface area contributed by atoms with Gasteiger partial charge >= 0.3 is 0 Å². The summed E-state index contributed by atoms with van der Waals surface area (Å²) < 4.78 is 0.789. The summed E-state index contributed by atoms with van der Waals surface area (Å²) in [6.07, 6.45) is 2.33. The van der Waals surface area contributed by atoms with Crippen LogP contribution in [-0.4, -0.2) is 18.7 Å². The summed E-state index contributed by atoms with van der Waals surface area (Å²) in [5.74, 6) is 0.403. The molecular formula is C11H14BrNO. The van der Waals surface area contributed by atoms with Gasteiger partial charge in [0.05, 0.1) is 4.47 Å². The first kappa shape index (κ1) is 9.99. The van der Waals surface area contributed by atoms with Crippen LogP contribution in [0.4, 0.5) is 0 Å². The van der Waals surface area contributed by atoms with E-state index in [9.17, 15) is 5.11 Å². The summed E-state index contributed by atoms with van der Waals surface area (Å²) in [7, 11) is 1.95. The van der Waals surface area contributed by atoms with Gasteiger partial charge in [-0.2, -0.15) is 0 Å². The van der Waals surface area contributed by atoms with Crippen molar-refractivity contribution in [3.63, 3.8) is 0 Å². The van der Waals surface area contributed by atoms with Gasteiger partial charge in [0.2, 0.25) is 0 Å². The summed E-state index contributed by atoms with van der Waals surface area (Å²) in [5, 5.41) is 13.1. The standard InChI is InChI=1S/C11H14BrNO/c1-13-7-11(5-6-11)8-3-2-4-9(12)10(8)14/h2-4,13-14H,5-7H2,1H3. The van der Waals surface area contributed by atoms with Gasteiger partial charge in [-0.15, -0.1) is 0 Å². The molecule has 0 saturated heterocycles. The number of phenolic OH excluding ortho intramolecular Hbond substituents is 1. The Morgan fingerprint density at radius 1 is 1.50 bits per heavy atom. The normalized spacial score (nSPS) is 18.1. The van der Waals surface area contributed by atoms with E-state index in [1.54, 1.807) is 0 Å². The highest BCUT2D eigenvalue weighted by Crippen LogP contribution is 2.51. The molecule has 2 nitrogen and oxygen atoms in total. The van der Waals surface area contributed by atoms with E-state index in [4.69, 9.17) is 0 Å². The number of rotatable bonds is 3. The van der Waals surface area contributed by atoms with E-state index >= 15 is 0 Å². The molecule has 0 atom stereocenters. The van der Waals surface area contributed by atoms with Crippen LogP contribution in [0.1, 0.15) is 18.4 Å². The quantitative estimate of drug-likeness (QED) is 0.870. The van der Waals surface area contributed by atoms with Crippen LogP contribution in [0, 0.1) is 0 Å². The Bertz CT molecular complexity index is 347. The molecule has 1 fully saturated rings.